The molecule has 4 aromatic rings. The molecule has 4 rings (SSSR count). The monoisotopic (exact) mass is 452 g/mol. The first kappa shape index (κ1) is 22.7. The molecule has 0 atom stereocenters. The average Bonchev–Trinajstić information content (AvgIpc) is 3.17. The first-order chi connectivity index (χ1) is 16.5. The number of esters is 1. The molecule has 0 saturated carbocycles. The van der Waals surface area contributed by atoms with Crippen LogP contribution in [0, 0.1) is 13.8 Å². The smallest absolute Gasteiger partial charge is 0.340 e. The minimum atomic E-state index is -0.584. The van der Waals surface area contributed by atoms with Gasteiger partial charge in [0.2, 0.25) is 0 Å². The fourth-order valence-electron chi connectivity index (χ4n) is 3.87. The van der Waals surface area contributed by atoms with Gasteiger partial charge in [-0.1, -0.05) is 60.7 Å². The predicted octanol–water partition coefficient (Wildman–Crippen LogP) is 5.12. The van der Waals surface area contributed by atoms with Gasteiger partial charge >= 0.3 is 5.97 Å². The minimum absolute atomic E-state index is 0.207. The summed E-state index contributed by atoms with van der Waals surface area (Å²) < 4.78 is 7.24. The van der Waals surface area contributed by atoms with Crippen molar-refractivity contribution in [3.05, 3.63) is 119 Å². The highest BCUT2D eigenvalue weighted by atomic mass is 16.5. The normalized spacial score (nSPS) is 10.5. The van der Waals surface area contributed by atoms with E-state index in [0.717, 1.165) is 17.1 Å². The number of para-hydroxylation sites is 2. The van der Waals surface area contributed by atoms with Crippen molar-refractivity contribution >= 4 is 23.3 Å². The highest BCUT2D eigenvalue weighted by Gasteiger charge is 2.20. The number of carbonyl (C=O) groups is 3. The molecular formula is C28H24N2O4. The third-order valence-corrected chi connectivity index (χ3v) is 5.48. The van der Waals surface area contributed by atoms with E-state index in [2.05, 4.69) is 5.32 Å². The summed E-state index contributed by atoms with van der Waals surface area (Å²) in [7, 11) is 0. The highest BCUT2D eigenvalue weighted by Crippen LogP contribution is 2.22. The van der Waals surface area contributed by atoms with Crippen LogP contribution in [-0.2, 0) is 9.53 Å². The van der Waals surface area contributed by atoms with Crippen molar-refractivity contribution in [2.75, 3.05) is 11.9 Å². The second kappa shape index (κ2) is 10.0. The maximum Gasteiger partial charge on any atom is 0.340 e. The second-order valence-electron chi connectivity index (χ2n) is 7.82. The molecule has 1 heterocycles. The number of nitrogens with zero attached hydrogens (tertiary/aromatic N) is 1. The quantitative estimate of drug-likeness (QED) is 0.312. The molecular weight excluding hydrogens is 428 g/mol. The van der Waals surface area contributed by atoms with Crippen molar-refractivity contribution in [1.82, 2.24) is 4.57 Å². The zero-order valence-corrected chi connectivity index (χ0v) is 18.9. The van der Waals surface area contributed by atoms with Crippen molar-refractivity contribution in [3.8, 4) is 5.69 Å². The number of carbonyl (C=O) groups excluding carboxylic acids is 3. The standard InChI is InChI=1S/C28H24N2O4/c1-19-17-24(20(2)30(19)22-13-7-4-8-14-22)28(33)34-18-26(31)29-25-16-10-9-15-23(25)27(32)21-11-5-3-6-12-21/h3-17H,18H2,1-2H3,(H,29,31). The first-order valence-corrected chi connectivity index (χ1v) is 10.9. The number of nitrogens with one attached hydrogen (secondary N) is 1. The van der Waals surface area contributed by atoms with Gasteiger partial charge in [0.25, 0.3) is 5.91 Å². The van der Waals surface area contributed by atoms with Crippen molar-refractivity contribution in [2.45, 2.75) is 13.8 Å². The summed E-state index contributed by atoms with van der Waals surface area (Å²) in [5.74, 6) is -1.32. The number of hydrogen-bond acceptors (Lipinski definition) is 4. The molecule has 0 bridgehead atoms. The number of ether oxygens (including phenoxy) is 1. The number of amides is 1. The molecule has 0 aliphatic rings. The molecule has 6 nitrogen and oxygen atoms in total. The zero-order chi connectivity index (χ0) is 24.1. The Balaban J connectivity index is 1.44. The first-order valence-electron chi connectivity index (χ1n) is 10.9. The molecule has 34 heavy (non-hydrogen) atoms. The number of aryl methyl sites for hydroxylation is 1. The van der Waals surface area contributed by atoms with Gasteiger partial charge in [-0.25, -0.2) is 4.79 Å². The molecule has 1 N–H and O–H groups in total. The largest absolute Gasteiger partial charge is 0.452 e. The number of anilines is 1. The van der Waals surface area contributed by atoms with Crippen molar-refractivity contribution in [1.29, 1.82) is 0 Å². The maximum absolute atomic E-state index is 12.8. The van der Waals surface area contributed by atoms with E-state index in [9.17, 15) is 14.4 Å². The van der Waals surface area contributed by atoms with Gasteiger partial charge in [0.15, 0.2) is 12.4 Å². The summed E-state index contributed by atoms with van der Waals surface area (Å²) in [4.78, 5) is 38.1. The molecule has 0 saturated heterocycles. The van der Waals surface area contributed by atoms with Crippen LogP contribution in [-0.4, -0.2) is 28.8 Å². The SMILES string of the molecule is Cc1cc(C(=O)OCC(=O)Nc2ccccc2C(=O)c2ccccc2)c(C)n1-c1ccccc1. The lowest BCUT2D eigenvalue weighted by atomic mass is 10.0. The van der Waals surface area contributed by atoms with E-state index in [1.54, 1.807) is 54.6 Å². The molecule has 3 aromatic carbocycles. The summed E-state index contributed by atoms with van der Waals surface area (Å²) in [5.41, 5.74) is 4.19. The molecule has 0 unspecified atom stereocenters. The Morgan fingerprint density at radius 2 is 1.41 bits per heavy atom. The van der Waals surface area contributed by atoms with E-state index >= 15 is 0 Å². The topological polar surface area (TPSA) is 77.4 Å². The molecule has 1 aromatic heterocycles. The summed E-state index contributed by atoms with van der Waals surface area (Å²) in [5, 5.41) is 2.68. The third-order valence-electron chi connectivity index (χ3n) is 5.48. The molecule has 1 amide bonds. The highest BCUT2D eigenvalue weighted by molar-refractivity contribution is 6.14. The molecule has 0 radical (unpaired) electrons. The lowest BCUT2D eigenvalue weighted by Crippen LogP contribution is -2.22. The fraction of sp³-hybridized carbons (Fsp3) is 0.107. The van der Waals surface area contributed by atoms with Gasteiger partial charge in [-0.3, -0.25) is 9.59 Å². The van der Waals surface area contributed by atoms with Crippen LogP contribution in [0.2, 0.25) is 0 Å². The van der Waals surface area contributed by atoms with E-state index in [1.165, 1.54) is 0 Å². The van der Waals surface area contributed by atoms with Gasteiger partial charge in [0.05, 0.1) is 11.3 Å². The number of hydrogen-bond donors (Lipinski definition) is 1. The Labute approximate surface area is 197 Å². The van der Waals surface area contributed by atoms with Crippen LogP contribution in [0.3, 0.4) is 0 Å². The van der Waals surface area contributed by atoms with E-state index in [1.807, 2.05) is 54.8 Å². The maximum atomic E-state index is 12.8. The molecule has 6 heteroatoms. The predicted molar refractivity (Wildman–Crippen MR) is 130 cm³/mol. The molecule has 0 aliphatic heterocycles. The molecule has 0 spiro atoms. The minimum Gasteiger partial charge on any atom is -0.452 e. The van der Waals surface area contributed by atoms with Crippen molar-refractivity contribution in [2.24, 2.45) is 0 Å². The molecule has 0 fully saturated rings. The summed E-state index contributed by atoms with van der Waals surface area (Å²) >= 11 is 0. The number of benzene rings is 3. The van der Waals surface area contributed by atoms with Gasteiger partial charge in [-0.15, -0.1) is 0 Å². The summed E-state index contributed by atoms with van der Waals surface area (Å²) in [6.07, 6.45) is 0. The Bertz CT molecular complexity index is 1340. The molecule has 0 aliphatic carbocycles. The Morgan fingerprint density at radius 3 is 2.12 bits per heavy atom. The Morgan fingerprint density at radius 1 is 0.794 bits per heavy atom. The lowest BCUT2D eigenvalue weighted by Gasteiger charge is -2.11. The van der Waals surface area contributed by atoms with Crippen molar-refractivity contribution in [3.63, 3.8) is 0 Å². The van der Waals surface area contributed by atoms with Crippen LogP contribution in [0.5, 0.6) is 0 Å². The van der Waals surface area contributed by atoms with Gasteiger partial charge in [-0.05, 0) is 44.2 Å². The van der Waals surface area contributed by atoms with Crippen molar-refractivity contribution < 1.29 is 19.1 Å². The third kappa shape index (κ3) is 4.81. The number of aromatic nitrogens is 1. The summed E-state index contributed by atoms with van der Waals surface area (Å²) in [6, 6.07) is 27.0. The van der Waals surface area contributed by atoms with E-state index in [0.29, 0.717) is 22.4 Å². The molecule has 170 valence electrons. The second-order valence-corrected chi connectivity index (χ2v) is 7.82. The fourth-order valence-corrected chi connectivity index (χ4v) is 3.87. The van der Waals surface area contributed by atoms with E-state index in [-0.39, 0.29) is 5.78 Å². The number of rotatable bonds is 7. The van der Waals surface area contributed by atoms with Crippen LogP contribution in [0.4, 0.5) is 5.69 Å². The van der Waals surface area contributed by atoms with E-state index < -0.39 is 18.5 Å². The van der Waals surface area contributed by atoms with Crippen LogP contribution >= 0.6 is 0 Å². The van der Waals surface area contributed by atoms with Gasteiger partial charge in [0.1, 0.15) is 0 Å². The number of ketones is 1. The van der Waals surface area contributed by atoms with Gasteiger partial charge < -0.3 is 14.6 Å². The van der Waals surface area contributed by atoms with Crippen LogP contribution in [0.1, 0.15) is 37.7 Å². The van der Waals surface area contributed by atoms with Crippen LogP contribution in [0.25, 0.3) is 5.69 Å². The van der Waals surface area contributed by atoms with Gasteiger partial charge in [0, 0.05) is 28.2 Å². The average molecular weight is 453 g/mol. The Kier molecular flexibility index (Phi) is 6.69. The van der Waals surface area contributed by atoms with Crippen LogP contribution < -0.4 is 5.32 Å². The zero-order valence-electron chi connectivity index (χ0n) is 18.9. The summed E-state index contributed by atoms with van der Waals surface area (Å²) in [6.45, 7) is 3.27. The van der Waals surface area contributed by atoms with Gasteiger partial charge in [-0.2, -0.15) is 0 Å². The lowest BCUT2D eigenvalue weighted by molar-refractivity contribution is -0.119. The van der Waals surface area contributed by atoms with Crippen LogP contribution in [0.15, 0.2) is 91.0 Å². The van der Waals surface area contributed by atoms with E-state index in [4.69, 9.17) is 4.74 Å². The Hall–Kier alpha value is -4.45.